The lowest BCUT2D eigenvalue weighted by Gasteiger charge is -2.37. The number of hydrogen-bond acceptors (Lipinski definition) is 5. The van der Waals surface area contributed by atoms with E-state index in [4.69, 9.17) is 14.2 Å². The van der Waals surface area contributed by atoms with Crippen molar-refractivity contribution in [2.75, 3.05) is 39.5 Å². The topological polar surface area (TPSA) is 77.1 Å². The molecule has 0 aromatic rings. The van der Waals surface area contributed by atoms with Gasteiger partial charge in [-0.3, -0.25) is 9.59 Å². The van der Waals surface area contributed by atoms with Crippen molar-refractivity contribution in [2.45, 2.75) is 37.6 Å². The van der Waals surface area contributed by atoms with Gasteiger partial charge in [0.25, 0.3) is 0 Å². The molecule has 3 rings (SSSR count). The van der Waals surface area contributed by atoms with E-state index in [-0.39, 0.29) is 24.5 Å². The Bertz CT molecular complexity index is 392. The van der Waals surface area contributed by atoms with E-state index in [1.54, 1.807) is 4.90 Å². The number of hydrogen-bond donors (Lipinski definition) is 1. The number of carbonyl (C=O) groups excluding carboxylic acids is 2. The van der Waals surface area contributed by atoms with Crippen LogP contribution in [0.3, 0.4) is 0 Å². The molecule has 3 fully saturated rings. The summed E-state index contributed by atoms with van der Waals surface area (Å²) in [5.74, 6) is -0.719. The summed E-state index contributed by atoms with van der Waals surface area (Å²) >= 11 is 0. The number of piperidine rings is 1. The SMILES string of the molecule is O=C(NCC(=O)N1CCC2(CC1)OCCO2)C1CCCO1. The highest BCUT2D eigenvalue weighted by atomic mass is 16.7. The van der Waals surface area contributed by atoms with Crippen LogP contribution < -0.4 is 5.32 Å². The highest BCUT2D eigenvalue weighted by Gasteiger charge is 2.40. The van der Waals surface area contributed by atoms with Crippen molar-refractivity contribution >= 4 is 11.8 Å². The van der Waals surface area contributed by atoms with Crippen molar-refractivity contribution in [1.82, 2.24) is 10.2 Å². The molecule has 1 atom stereocenters. The Morgan fingerprint density at radius 3 is 2.48 bits per heavy atom. The van der Waals surface area contributed by atoms with Crippen molar-refractivity contribution in [1.29, 1.82) is 0 Å². The molecule has 118 valence electrons. The van der Waals surface area contributed by atoms with E-state index in [9.17, 15) is 9.59 Å². The third-order valence-corrected chi connectivity index (χ3v) is 4.33. The van der Waals surface area contributed by atoms with Crippen LogP contribution in [0.25, 0.3) is 0 Å². The third-order valence-electron chi connectivity index (χ3n) is 4.33. The van der Waals surface area contributed by atoms with E-state index in [2.05, 4.69) is 5.32 Å². The summed E-state index contributed by atoms with van der Waals surface area (Å²) in [4.78, 5) is 25.7. The van der Waals surface area contributed by atoms with Gasteiger partial charge in [0.2, 0.25) is 11.8 Å². The lowest BCUT2D eigenvalue weighted by Crippen LogP contribution is -2.50. The number of rotatable bonds is 3. The Labute approximate surface area is 123 Å². The molecule has 1 unspecified atom stereocenters. The molecule has 1 N–H and O–H groups in total. The monoisotopic (exact) mass is 298 g/mol. The molecular formula is C14H22N2O5. The van der Waals surface area contributed by atoms with Crippen LogP contribution in [-0.4, -0.2) is 68.1 Å². The molecule has 0 saturated carbocycles. The molecule has 0 aromatic carbocycles. The van der Waals surface area contributed by atoms with Crippen LogP contribution in [-0.2, 0) is 23.8 Å². The molecular weight excluding hydrogens is 276 g/mol. The first-order chi connectivity index (χ1) is 10.2. The van der Waals surface area contributed by atoms with E-state index in [0.29, 0.717) is 45.8 Å². The molecule has 21 heavy (non-hydrogen) atoms. The fourth-order valence-corrected chi connectivity index (χ4v) is 3.06. The van der Waals surface area contributed by atoms with Gasteiger partial charge in [0.1, 0.15) is 6.10 Å². The van der Waals surface area contributed by atoms with Crippen molar-refractivity contribution in [3.63, 3.8) is 0 Å². The first-order valence-electron chi connectivity index (χ1n) is 7.64. The zero-order valence-electron chi connectivity index (χ0n) is 12.1. The van der Waals surface area contributed by atoms with Gasteiger partial charge in [0.05, 0.1) is 19.8 Å². The van der Waals surface area contributed by atoms with E-state index in [1.807, 2.05) is 0 Å². The largest absolute Gasteiger partial charge is 0.368 e. The summed E-state index contributed by atoms with van der Waals surface area (Å²) in [6.07, 6.45) is 2.64. The van der Waals surface area contributed by atoms with Crippen LogP contribution in [0, 0.1) is 0 Å². The van der Waals surface area contributed by atoms with Gasteiger partial charge in [0, 0.05) is 32.5 Å². The maximum absolute atomic E-state index is 12.1. The van der Waals surface area contributed by atoms with Gasteiger partial charge in [-0.15, -0.1) is 0 Å². The van der Waals surface area contributed by atoms with Gasteiger partial charge < -0.3 is 24.4 Å². The average molecular weight is 298 g/mol. The third kappa shape index (κ3) is 3.36. The highest BCUT2D eigenvalue weighted by molar-refractivity contribution is 5.87. The van der Waals surface area contributed by atoms with Crippen LogP contribution in [0.15, 0.2) is 0 Å². The van der Waals surface area contributed by atoms with Gasteiger partial charge in [-0.25, -0.2) is 0 Å². The fraction of sp³-hybridized carbons (Fsp3) is 0.857. The van der Waals surface area contributed by atoms with E-state index >= 15 is 0 Å². The van der Waals surface area contributed by atoms with Crippen LogP contribution in [0.2, 0.25) is 0 Å². The molecule has 3 aliphatic rings. The van der Waals surface area contributed by atoms with Crippen LogP contribution in [0.1, 0.15) is 25.7 Å². The minimum Gasteiger partial charge on any atom is -0.368 e. The normalized spacial score (nSPS) is 28.0. The van der Waals surface area contributed by atoms with E-state index < -0.39 is 5.79 Å². The van der Waals surface area contributed by atoms with Crippen molar-refractivity contribution < 1.29 is 23.8 Å². The number of nitrogens with zero attached hydrogens (tertiary/aromatic N) is 1. The maximum Gasteiger partial charge on any atom is 0.249 e. The number of amides is 2. The first-order valence-corrected chi connectivity index (χ1v) is 7.64. The smallest absolute Gasteiger partial charge is 0.249 e. The van der Waals surface area contributed by atoms with Crippen molar-refractivity contribution in [2.24, 2.45) is 0 Å². The summed E-state index contributed by atoms with van der Waals surface area (Å²) in [5, 5.41) is 2.67. The zero-order chi connectivity index (χ0) is 14.7. The standard InChI is InChI=1S/C14H22N2O5/c17-12(10-15-13(18)11-2-1-7-19-11)16-5-3-14(4-6-16)20-8-9-21-14/h11H,1-10H2,(H,15,18). The number of ether oxygens (including phenoxy) is 3. The number of likely N-dealkylation sites (tertiary alicyclic amines) is 1. The highest BCUT2D eigenvalue weighted by Crippen LogP contribution is 2.31. The molecule has 1 spiro atoms. The van der Waals surface area contributed by atoms with Gasteiger partial charge in [-0.1, -0.05) is 0 Å². The van der Waals surface area contributed by atoms with E-state index in [0.717, 1.165) is 12.8 Å². The summed E-state index contributed by atoms with van der Waals surface area (Å²) < 4.78 is 16.5. The van der Waals surface area contributed by atoms with Gasteiger partial charge >= 0.3 is 0 Å². The number of carbonyl (C=O) groups is 2. The summed E-state index contributed by atoms with van der Waals surface area (Å²) in [6.45, 7) is 3.13. The van der Waals surface area contributed by atoms with Gasteiger partial charge in [-0.05, 0) is 12.8 Å². The maximum atomic E-state index is 12.1. The Hall–Kier alpha value is -1.18. The Morgan fingerprint density at radius 2 is 1.86 bits per heavy atom. The molecule has 0 aromatic heterocycles. The van der Waals surface area contributed by atoms with Crippen LogP contribution in [0.4, 0.5) is 0 Å². The second-order valence-electron chi connectivity index (χ2n) is 5.71. The van der Waals surface area contributed by atoms with Crippen molar-refractivity contribution in [3.05, 3.63) is 0 Å². The second-order valence-corrected chi connectivity index (χ2v) is 5.71. The fourth-order valence-electron chi connectivity index (χ4n) is 3.06. The Kier molecular flexibility index (Phi) is 4.42. The molecule has 0 radical (unpaired) electrons. The second kappa shape index (κ2) is 6.29. The van der Waals surface area contributed by atoms with Crippen LogP contribution in [0.5, 0.6) is 0 Å². The average Bonchev–Trinajstić information content (AvgIpc) is 3.17. The molecule has 0 bridgehead atoms. The van der Waals surface area contributed by atoms with Gasteiger partial charge in [0.15, 0.2) is 5.79 Å². The van der Waals surface area contributed by atoms with Crippen LogP contribution >= 0.6 is 0 Å². The minimum absolute atomic E-state index is 0.0351. The van der Waals surface area contributed by atoms with Crippen molar-refractivity contribution in [3.8, 4) is 0 Å². The predicted molar refractivity (Wildman–Crippen MR) is 72.4 cm³/mol. The minimum atomic E-state index is -0.474. The molecule has 7 nitrogen and oxygen atoms in total. The molecule has 3 heterocycles. The summed E-state index contributed by atoms with van der Waals surface area (Å²) in [5.41, 5.74) is 0. The summed E-state index contributed by atoms with van der Waals surface area (Å²) in [7, 11) is 0. The molecule has 0 aliphatic carbocycles. The predicted octanol–water partition coefficient (Wildman–Crippen LogP) is -0.353. The van der Waals surface area contributed by atoms with E-state index in [1.165, 1.54) is 0 Å². The van der Waals surface area contributed by atoms with Gasteiger partial charge in [-0.2, -0.15) is 0 Å². The number of nitrogens with one attached hydrogen (secondary N) is 1. The first kappa shape index (κ1) is 14.7. The zero-order valence-corrected chi connectivity index (χ0v) is 12.1. The molecule has 2 amide bonds. The molecule has 7 heteroatoms. The Balaban J connectivity index is 1.40. The Morgan fingerprint density at radius 1 is 1.14 bits per heavy atom. The quantitative estimate of drug-likeness (QED) is 0.770. The lowest BCUT2D eigenvalue weighted by molar-refractivity contribution is -0.187. The molecule has 3 aliphatic heterocycles. The lowest BCUT2D eigenvalue weighted by atomic mass is 10.0. The molecule has 3 saturated heterocycles. The summed E-state index contributed by atoms with van der Waals surface area (Å²) in [6, 6.07) is 0.